The predicted molar refractivity (Wildman–Crippen MR) is 108 cm³/mol. The lowest BCUT2D eigenvalue weighted by atomic mass is 10.3. The summed E-state index contributed by atoms with van der Waals surface area (Å²) in [4.78, 5) is 14.4. The second-order valence-electron chi connectivity index (χ2n) is 6.46. The van der Waals surface area contributed by atoms with Crippen LogP contribution in [0.15, 0.2) is 60.1 Å². The molecule has 0 radical (unpaired) electrons. The van der Waals surface area contributed by atoms with Crippen LogP contribution in [0.5, 0.6) is 0 Å². The zero-order chi connectivity index (χ0) is 21.4. The molecule has 0 fully saturated rings. The molecule has 158 valence electrons. The molecule has 29 heavy (non-hydrogen) atoms. The minimum absolute atomic E-state index is 0.0479. The van der Waals surface area contributed by atoms with Crippen LogP contribution in [-0.4, -0.2) is 61.4 Å². The molecule has 0 N–H and O–H groups in total. The van der Waals surface area contributed by atoms with Gasteiger partial charge in [-0.05, 0) is 36.4 Å². The van der Waals surface area contributed by atoms with Crippen LogP contribution >= 0.6 is 0 Å². The summed E-state index contributed by atoms with van der Waals surface area (Å²) in [5, 5.41) is 0. The average molecular weight is 424 g/mol. The topological polar surface area (TPSA) is 71.8 Å². The van der Waals surface area contributed by atoms with Gasteiger partial charge in [0.05, 0.1) is 24.6 Å². The fraction of sp³-hybridized carbons (Fsp3) is 0.350. The molecule has 0 unspecified atom stereocenters. The number of nitrogens with zero attached hydrogens (tertiary/aromatic N) is 3. The molecule has 0 bridgehead atoms. The van der Waals surface area contributed by atoms with Crippen LogP contribution in [0.1, 0.15) is 5.69 Å². The third-order valence-electron chi connectivity index (χ3n) is 4.42. The molecular weight excluding hydrogens is 397 g/mol. The highest BCUT2D eigenvalue weighted by Gasteiger charge is 2.28. The maximum atomic E-state index is 13.2. The van der Waals surface area contributed by atoms with Crippen LogP contribution in [0.3, 0.4) is 0 Å². The van der Waals surface area contributed by atoms with E-state index in [-0.39, 0.29) is 23.9 Å². The van der Waals surface area contributed by atoms with Crippen molar-refractivity contribution in [2.75, 3.05) is 33.4 Å². The van der Waals surface area contributed by atoms with Crippen LogP contribution in [0, 0.1) is 5.82 Å². The lowest BCUT2D eigenvalue weighted by molar-refractivity contribution is -0.132. The Hall–Kier alpha value is -2.49. The number of rotatable bonds is 11. The summed E-state index contributed by atoms with van der Waals surface area (Å²) >= 11 is 0. The second kappa shape index (κ2) is 10.3. The maximum Gasteiger partial charge on any atom is 0.243 e. The fourth-order valence-corrected chi connectivity index (χ4v) is 4.11. The van der Waals surface area contributed by atoms with E-state index in [4.69, 9.17) is 4.74 Å². The van der Waals surface area contributed by atoms with Crippen molar-refractivity contribution in [3.63, 3.8) is 0 Å². The fourth-order valence-electron chi connectivity index (χ4n) is 2.75. The molecule has 2 aromatic rings. The smallest absolute Gasteiger partial charge is 0.243 e. The van der Waals surface area contributed by atoms with Gasteiger partial charge in [-0.1, -0.05) is 6.08 Å². The van der Waals surface area contributed by atoms with Crippen molar-refractivity contribution >= 4 is 15.9 Å². The summed E-state index contributed by atoms with van der Waals surface area (Å²) in [5.41, 5.74) is 0.908. The van der Waals surface area contributed by atoms with Crippen LogP contribution in [0.25, 0.3) is 0 Å². The van der Waals surface area contributed by atoms with E-state index in [2.05, 4.69) is 6.58 Å². The van der Waals surface area contributed by atoms with Crippen molar-refractivity contribution < 1.29 is 22.3 Å². The third kappa shape index (κ3) is 5.99. The van der Waals surface area contributed by atoms with Crippen molar-refractivity contribution in [3.8, 4) is 0 Å². The van der Waals surface area contributed by atoms with E-state index < -0.39 is 15.8 Å². The molecule has 0 aliphatic rings. The summed E-state index contributed by atoms with van der Waals surface area (Å²) < 4.78 is 47.0. The number of sulfonamides is 1. The monoisotopic (exact) mass is 423 g/mol. The number of hydrogen-bond acceptors (Lipinski definition) is 4. The largest absolute Gasteiger partial charge is 0.383 e. The Labute approximate surface area is 171 Å². The van der Waals surface area contributed by atoms with Gasteiger partial charge in [0.25, 0.3) is 0 Å². The summed E-state index contributed by atoms with van der Waals surface area (Å²) in [7, 11) is -0.580. The van der Waals surface area contributed by atoms with Gasteiger partial charge in [0.2, 0.25) is 15.9 Å². The van der Waals surface area contributed by atoms with E-state index in [0.717, 1.165) is 22.1 Å². The molecular formula is C20H26FN3O4S. The summed E-state index contributed by atoms with van der Waals surface area (Å²) in [6, 6.07) is 8.26. The Morgan fingerprint density at radius 3 is 2.52 bits per heavy atom. The quantitative estimate of drug-likeness (QED) is 0.519. The Bertz CT molecular complexity index is 925. The van der Waals surface area contributed by atoms with E-state index >= 15 is 0 Å². The lowest BCUT2D eigenvalue weighted by Crippen LogP contribution is -2.44. The standard InChI is InChI=1S/C20H26FN3O4S/c1-4-11-24(29(26,27)19-9-7-17(21)8-10-19)16-20(25)23(13-14-28-3)15-18-6-5-12-22(18)2/h4-10,12H,1,11,13-16H2,2-3H3. The number of methoxy groups -OCH3 is 1. The molecule has 9 heteroatoms. The van der Waals surface area contributed by atoms with E-state index in [1.165, 1.54) is 25.3 Å². The van der Waals surface area contributed by atoms with Crippen LogP contribution in [0.4, 0.5) is 4.39 Å². The van der Waals surface area contributed by atoms with E-state index in [0.29, 0.717) is 19.7 Å². The van der Waals surface area contributed by atoms with Crippen molar-refractivity contribution in [2.24, 2.45) is 7.05 Å². The van der Waals surface area contributed by atoms with E-state index in [1.807, 2.05) is 29.9 Å². The van der Waals surface area contributed by atoms with Crippen LogP contribution < -0.4 is 0 Å². The molecule has 0 aliphatic heterocycles. The van der Waals surface area contributed by atoms with E-state index in [9.17, 15) is 17.6 Å². The van der Waals surface area contributed by atoms with Crippen LogP contribution in [0.2, 0.25) is 0 Å². The van der Waals surface area contributed by atoms with Gasteiger partial charge >= 0.3 is 0 Å². The lowest BCUT2D eigenvalue weighted by Gasteiger charge is -2.27. The number of aromatic nitrogens is 1. The molecule has 0 saturated heterocycles. The number of carbonyl (C=O) groups is 1. The number of halogens is 1. The Balaban J connectivity index is 2.23. The van der Waals surface area contributed by atoms with Gasteiger partial charge in [-0.25, -0.2) is 12.8 Å². The number of hydrogen-bond donors (Lipinski definition) is 0. The highest BCUT2D eigenvalue weighted by atomic mass is 32.2. The Morgan fingerprint density at radius 2 is 1.97 bits per heavy atom. The minimum Gasteiger partial charge on any atom is -0.383 e. The Morgan fingerprint density at radius 1 is 1.28 bits per heavy atom. The van der Waals surface area contributed by atoms with Gasteiger partial charge in [-0.3, -0.25) is 4.79 Å². The molecule has 0 aliphatic carbocycles. The van der Waals surface area contributed by atoms with E-state index in [1.54, 1.807) is 4.90 Å². The number of benzene rings is 1. The summed E-state index contributed by atoms with van der Waals surface area (Å²) in [5.74, 6) is -0.903. The summed E-state index contributed by atoms with van der Waals surface area (Å²) in [6.45, 7) is 4.14. The number of carbonyl (C=O) groups excluding carboxylic acids is 1. The summed E-state index contributed by atoms with van der Waals surface area (Å²) in [6.07, 6.45) is 3.28. The Kier molecular flexibility index (Phi) is 8.12. The van der Waals surface area contributed by atoms with Gasteiger partial charge in [-0.15, -0.1) is 6.58 Å². The SMILES string of the molecule is C=CCN(CC(=O)N(CCOC)Cc1cccn1C)S(=O)(=O)c1ccc(F)cc1. The molecule has 2 rings (SSSR count). The molecule has 7 nitrogen and oxygen atoms in total. The van der Waals surface area contributed by atoms with Crippen molar-refractivity contribution in [2.45, 2.75) is 11.4 Å². The molecule has 0 saturated carbocycles. The highest BCUT2D eigenvalue weighted by Crippen LogP contribution is 2.17. The number of amides is 1. The molecule has 0 spiro atoms. The first-order chi connectivity index (χ1) is 13.8. The maximum absolute atomic E-state index is 13.2. The predicted octanol–water partition coefficient (Wildman–Crippen LogP) is 2.02. The van der Waals surface area contributed by atoms with Crippen molar-refractivity contribution in [1.82, 2.24) is 13.8 Å². The number of ether oxygens (including phenoxy) is 1. The first-order valence-electron chi connectivity index (χ1n) is 9.03. The van der Waals surface area contributed by atoms with Crippen molar-refractivity contribution in [3.05, 3.63) is 66.8 Å². The third-order valence-corrected chi connectivity index (χ3v) is 6.24. The van der Waals surface area contributed by atoms with Gasteiger partial charge in [0.1, 0.15) is 5.82 Å². The van der Waals surface area contributed by atoms with Crippen molar-refractivity contribution in [1.29, 1.82) is 0 Å². The number of aryl methyl sites for hydroxylation is 1. The molecule has 1 aromatic carbocycles. The molecule has 1 aromatic heterocycles. The van der Waals surface area contributed by atoms with Gasteiger partial charge in [-0.2, -0.15) is 4.31 Å². The first kappa shape index (κ1) is 22.8. The first-order valence-corrected chi connectivity index (χ1v) is 10.5. The van der Waals surface area contributed by atoms with Gasteiger partial charge < -0.3 is 14.2 Å². The second-order valence-corrected chi connectivity index (χ2v) is 8.40. The molecule has 1 amide bonds. The normalized spacial score (nSPS) is 11.6. The average Bonchev–Trinajstić information content (AvgIpc) is 3.09. The molecule has 1 heterocycles. The zero-order valence-corrected chi connectivity index (χ0v) is 17.4. The zero-order valence-electron chi connectivity index (χ0n) is 16.6. The van der Waals surface area contributed by atoms with Crippen LogP contribution in [-0.2, 0) is 33.1 Å². The van der Waals surface area contributed by atoms with Gasteiger partial charge in [0.15, 0.2) is 0 Å². The van der Waals surface area contributed by atoms with Gasteiger partial charge in [0, 0.05) is 39.1 Å². The molecule has 0 atom stereocenters. The minimum atomic E-state index is -3.99. The highest BCUT2D eigenvalue weighted by molar-refractivity contribution is 7.89.